The van der Waals surface area contributed by atoms with Crippen molar-refractivity contribution in [2.45, 2.75) is 30.8 Å². The van der Waals surface area contributed by atoms with Crippen LogP contribution in [-0.2, 0) is 12.3 Å². The molecule has 2 aromatic heterocycles. The summed E-state index contributed by atoms with van der Waals surface area (Å²) in [6.07, 6.45) is 0.843. The van der Waals surface area contributed by atoms with Crippen molar-refractivity contribution in [3.63, 3.8) is 0 Å². The second-order valence-electron chi connectivity index (χ2n) is 6.39. The van der Waals surface area contributed by atoms with E-state index in [2.05, 4.69) is 15.2 Å². The van der Waals surface area contributed by atoms with E-state index in [-0.39, 0.29) is 5.56 Å². The van der Waals surface area contributed by atoms with Crippen LogP contribution >= 0.6 is 11.8 Å². The minimum absolute atomic E-state index is 0.0237. The van der Waals surface area contributed by atoms with Crippen molar-refractivity contribution in [3.8, 4) is 17.2 Å². The molecular formula is C21H20N4O3S. The molecule has 0 aliphatic heterocycles. The number of para-hydroxylation sites is 1. The number of hydrogen-bond donors (Lipinski definition) is 0. The molecule has 0 radical (unpaired) electrons. The van der Waals surface area contributed by atoms with E-state index in [1.807, 2.05) is 55.5 Å². The van der Waals surface area contributed by atoms with Gasteiger partial charge < -0.3 is 9.15 Å². The van der Waals surface area contributed by atoms with Gasteiger partial charge in [-0.25, -0.2) is 4.98 Å². The summed E-state index contributed by atoms with van der Waals surface area (Å²) in [5, 5.41) is 9.53. The van der Waals surface area contributed by atoms with Gasteiger partial charge in [0.25, 0.3) is 5.56 Å². The molecule has 4 rings (SSSR count). The highest BCUT2D eigenvalue weighted by atomic mass is 32.2. The average Bonchev–Trinajstić information content (AvgIpc) is 3.24. The zero-order valence-electron chi connectivity index (χ0n) is 16.2. The summed E-state index contributed by atoms with van der Waals surface area (Å²) in [5.74, 6) is 2.12. The van der Waals surface area contributed by atoms with Crippen molar-refractivity contribution in [3.05, 3.63) is 64.8 Å². The lowest BCUT2D eigenvalue weighted by atomic mass is 10.2. The molecule has 7 nitrogen and oxygen atoms in total. The van der Waals surface area contributed by atoms with Gasteiger partial charge >= 0.3 is 0 Å². The van der Waals surface area contributed by atoms with Crippen LogP contribution in [0.15, 0.2) is 62.9 Å². The maximum Gasteiger partial charge on any atom is 0.262 e. The molecule has 0 spiro atoms. The largest absolute Gasteiger partial charge is 0.497 e. The third kappa shape index (κ3) is 4.02. The number of hydrogen-bond acceptors (Lipinski definition) is 7. The Labute approximate surface area is 171 Å². The lowest BCUT2D eigenvalue weighted by Crippen LogP contribution is -2.23. The highest BCUT2D eigenvalue weighted by molar-refractivity contribution is 7.98. The van der Waals surface area contributed by atoms with Crippen LogP contribution in [0.4, 0.5) is 0 Å². The number of rotatable bonds is 7. The predicted octanol–water partition coefficient (Wildman–Crippen LogP) is 4.16. The molecule has 0 atom stereocenters. The smallest absolute Gasteiger partial charge is 0.262 e. The second kappa shape index (κ2) is 8.48. The molecule has 8 heteroatoms. The maximum absolute atomic E-state index is 12.8. The first-order valence-corrected chi connectivity index (χ1v) is 10.3. The van der Waals surface area contributed by atoms with Crippen molar-refractivity contribution >= 4 is 22.7 Å². The van der Waals surface area contributed by atoms with E-state index in [1.54, 1.807) is 11.7 Å². The summed E-state index contributed by atoms with van der Waals surface area (Å²) in [6.45, 7) is 2.65. The Morgan fingerprint density at radius 3 is 2.66 bits per heavy atom. The van der Waals surface area contributed by atoms with Crippen molar-refractivity contribution in [1.29, 1.82) is 0 Å². The number of fused-ring (bicyclic) bond motifs is 1. The third-order valence-corrected chi connectivity index (χ3v) is 5.36. The lowest BCUT2D eigenvalue weighted by Gasteiger charge is -2.11. The molecule has 0 saturated heterocycles. The van der Waals surface area contributed by atoms with Crippen molar-refractivity contribution in [1.82, 2.24) is 19.7 Å². The van der Waals surface area contributed by atoms with Crippen molar-refractivity contribution in [2.75, 3.05) is 7.11 Å². The maximum atomic E-state index is 12.8. The summed E-state index contributed by atoms with van der Waals surface area (Å²) >= 11 is 1.42. The van der Waals surface area contributed by atoms with Gasteiger partial charge in [-0.2, -0.15) is 0 Å². The Bertz CT molecular complexity index is 1180. The monoisotopic (exact) mass is 408 g/mol. The fraction of sp³-hybridized carbons (Fsp3) is 0.238. The Morgan fingerprint density at radius 1 is 1.10 bits per heavy atom. The zero-order chi connectivity index (χ0) is 20.2. The van der Waals surface area contributed by atoms with Gasteiger partial charge in [0.2, 0.25) is 11.8 Å². The molecule has 2 heterocycles. The second-order valence-corrected chi connectivity index (χ2v) is 7.33. The predicted molar refractivity (Wildman–Crippen MR) is 112 cm³/mol. The Balaban J connectivity index is 1.57. The van der Waals surface area contributed by atoms with Gasteiger partial charge in [0.15, 0.2) is 5.16 Å². The van der Waals surface area contributed by atoms with Crippen LogP contribution in [0.5, 0.6) is 5.75 Å². The average molecular weight is 408 g/mol. The first-order chi connectivity index (χ1) is 14.2. The van der Waals surface area contributed by atoms with Gasteiger partial charge in [-0.3, -0.25) is 9.36 Å². The molecule has 0 aliphatic rings. The van der Waals surface area contributed by atoms with Gasteiger partial charge in [-0.05, 0) is 42.8 Å². The zero-order valence-corrected chi connectivity index (χ0v) is 17.0. The normalized spacial score (nSPS) is 11.1. The van der Waals surface area contributed by atoms with E-state index in [4.69, 9.17) is 9.15 Å². The lowest BCUT2D eigenvalue weighted by molar-refractivity contribution is 0.415. The summed E-state index contributed by atoms with van der Waals surface area (Å²) in [7, 11) is 1.62. The highest BCUT2D eigenvalue weighted by Crippen LogP contribution is 2.25. The summed E-state index contributed by atoms with van der Waals surface area (Å²) in [5.41, 5.74) is 1.49. The van der Waals surface area contributed by atoms with E-state index in [0.717, 1.165) is 17.7 Å². The Hall–Kier alpha value is -3.13. The minimum Gasteiger partial charge on any atom is -0.497 e. The van der Waals surface area contributed by atoms with Crippen LogP contribution in [0.25, 0.3) is 22.4 Å². The molecule has 148 valence electrons. The van der Waals surface area contributed by atoms with Crippen molar-refractivity contribution < 1.29 is 9.15 Å². The molecular weight excluding hydrogens is 388 g/mol. The number of thioether (sulfide) groups is 1. The standard InChI is InChI=1S/C21H20N4O3S/c1-3-12-25-20(26)16-6-4-5-7-17(16)22-21(25)29-13-18-23-24-19(28-18)14-8-10-15(27-2)11-9-14/h4-11H,3,12-13H2,1-2H3. The molecule has 0 amide bonds. The van der Waals surface area contributed by atoms with Crippen LogP contribution in [0.1, 0.15) is 19.2 Å². The van der Waals surface area contributed by atoms with E-state index < -0.39 is 0 Å². The molecule has 0 fully saturated rings. The van der Waals surface area contributed by atoms with Gasteiger partial charge in [-0.15, -0.1) is 10.2 Å². The quantitative estimate of drug-likeness (QED) is 0.335. The molecule has 2 aromatic carbocycles. The fourth-order valence-electron chi connectivity index (χ4n) is 2.97. The van der Waals surface area contributed by atoms with Crippen LogP contribution in [0, 0.1) is 0 Å². The summed E-state index contributed by atoms with van der Waals surface area (Å²) in [6, 6.07) is 14.8. The summed E-state index contributed by atoms with van der Waals surface area (Å²) < 4.78 is 12.7. The molecule has 0 unspecified atom stereocenters. The van der Waals surface area contributed by atoms with E-state index in [1.165, 1.54) is 11.8 Å². The van der Waals surface area contributed by atoms with E-state index in [0.29, 0.717) is 40.1 Å². The van der Waals surface area contributed by atoms with Gasteiger partial charge in [0, 0.05) is 12.1 Å². The van der Waals surface area contributed by atoms with Crippen LogP contribution in [0.2, 0.25) is 0 Å². The highest BCUT2D eigenvalue weighted by Gasteiger charge is 2.14. The van der Waals surface area contributed by atoms with Crippen LogP contribution in [-0.4, -0.2) is 26.9 Å². The van der Waals surface area contributed by atoms with Gasteiger partial charge in [0.05, 0.1) is 23.8 Å². The fourth-order valence-corrected chi connectivity index (χ4v) is 3.83. The number of benzene rings is 2. The molecule has 0 saturated carbocycles. The number of methoxy groups -OCH3 is 1. The molecule has 0 N–H and O–H groups in total. The van der Waals surface area contributed by atoms with Crippen LogP contribution < -0.4 is 10.3 Å². The van der Waals surface area contributed by atoms with Crippen LogP contribution in [0.3, 0.4) is 0 Å². The van der Waals surface area contributed by atoms with E-state index in [9.17, 15) is 4.79 Å². The Kier molecular flexibility index (Phi) is 5.62. The Morgan fingerprint density at radius 2 is 1.90 bits per heavy atom. The van der Waals surface area contributed by atoms with Gasteiger partial charge in [-0.1, -0.05) is 30.8 Å². The molecule has 4 aromatic rings. The molecule has 29 heavy (non-hydrogen) atoms. The number of aromatic nitrogens is 4. The first kappa shape index (κ1) is 19.2. The summed E-state index contributed by atoms with van der Waals surface area (Å²) in [4.78, 5) is 17.5. The SMILES string of the molecule is CCCn1c(SCc2nnc(-c3ccc(OC)cc3)o2)nc2ccccc2c1=O. The van der Waals surface area contributed by atoms with Crippen molar-refractivity contribution in [2.24, 2.45) is 0 Å². The van der Waals surface area contributed by atoms with E-state index >= 15 is 0 Å². The van der Waals surface area contributed by atoms with Gasteiger partial charge in [0.1, 0.15) is 5.75 Å². The number of ether oxygens (including phenoxy) is 1. The molecule has 0 bridgehead atoms. The minimum atomic E-state index is -0.0237. The third-order valence-electron chi connectivity index (χ3n) is 4.40. The number of nitrogens with zero attached hydrogens (tertiary/aromatic N) is 4. The topological polar surface area (TPSA) is 83.0 Å². The first-order valence-electron chi connectivity index (χ1n) is 9.28. The molecule has 0 aliphatic carbocycles.